The predicted molar refractivity (Wildman–Crippen MR) is 61.5 cm³/mol. The Morgan fingerprint density at radius 1 is 1.47 bits per heavy atom. The third-order valence-corrected chi connectivity index (χ3v) is 2.33. The maximum Gasteiger partial charge on any atom is 0.236 e. The molecule has 15 heavy (non-hydrogen) atoms. The third-order valence-electron chi connectivity index (χ3n) is 2.33. The van der Waals surface area contributed by atoms with Crippen LogP contribution in [-0.4, -0.2) is 19.0 Å². The summed E-state index contributed by atoms with van der Waals surface area (Å²) in [7, 11) is 1.65. The van der Waals surface area contributed by atoms with E-state index < -0.39 is 0 Å². The number of carbonyl (C=O) groups is 1. The standard InChI is InChI=1S/C12H18N2O/c1-9-5-4-6-11(7-9)8-14-10(2)12(15)13-3/h4-7,10,14H,8H2,1-3H3,(H,13,15)/t10-/m1/s1. The highest BCUT2D eigenvalue weighted by Crippen LogP contribution is 2.03. The van der Waals surface area contributed by atoms with Gasteiger partial charge in [-0.05, 0) is 19.4 Å². The molecule has 0 aliphatic rings. The first-order valence-electron chi connectivity index (χ1n) is 5.14. The second-order valence-corrected chi connectivity index (χ2v) is 3.71. The van der Waals surface area contributed by atoms with Crippen LogP contribution in [0.1, 0.15) is 18.1 Å². The van der Waals surface area contributed by atoms with Crippen LogP contribution in [0.25, 0.3) is 0 Å². The van der Waals surface area contributed by atoms with Gasteiger partial charge in [0.15, 0.2) is 0 Å². The van der Waals surface area contributed by atoms with Crippen LogP contribution in [0, 0.1) is 6.92 Å². The van der Waals surface area contributed by atoms with Gasteiger partial charge >= 0.3 is 0 Å². The predicted octanol–water partition coefficient (Wildman–Crippen LogP) is 1.22. The summed E-state index contributed by atoms with van der Waals surface area (Å²) in [6.07, 6.45) is 0. The van der Waals surface area contributed by atoms with Crippen molar-refractivity contribution in [1.29, 1.82) is 0 Å². The number of aryl methyl sites for hydroxylation is 1. The molecule has 1 aromatic rings. The molecule has 0 fully saturated rings. The van der Waals surface area contributed by atoms with Gasteiger partial charge in [-0.25, -0.2) is 0 Å². The van der Waals surface area contributed by atoms with E-state index in [9.17, 15) is 4.79 Å². The third kappa shape index (κ3) is 3.72. The molecule has 1 rings (SSSR count). The van der Waals surface area contributed by atoms with Crippen LogP contribution in [0.5, 0.6) is 0 Å². The number of rotatable bonds is 4. The Balaban J connectivity index is 2.47. The first-order valence-corrected chi connectivity index (χ1v) is 5.14. The van der Waals surface area contributed by atoms with Crippen LogP contribution < -0.4 is 10.6 Å². The van der Waals surface area contributed by atoms with Crippen LogP contribution >= 0.6 is 0 Å². The van der Waals surface area contributed by atoms with E-state index in [0.29, 0.717) is 0 Å². The number of benzene rings is 1. The lowest BCUT2D eigenvalue weighted by molar-refractivity contribution is -0.122. The van der Waals surface area contributed by atoms with Crippen molar-refractivity contribution in [2.24, 2.45) is 0 Å². The molecule has 0 heterocycles. The summed E-state index contributed by atoms with van der Waals surface area (Å²) in [5, 5.41) is 5.78. The minimum Gasteiger partial charge on any atom is -0.358 e. The molecule has 0 radical (unpaired) electrons. The Hall–Kier alpha value is -1.35. The Labute approximate surface area is 90.9 Å². The van der Waals surface area contributed by atoms with E-state index in [2.05, 4.69) is 35.8 Å². The van der Waals surface area contributed by atoms with Gasteiger partial charge in [0.25, 0.3) is 0 Å². The van der Waals surface area contributed by atoms with Crippen LogP contribution in [0.15, 0.2) is 24.3 Å². The average molecular weight is 206 g/mol. The van der Waals surface area contributed by atoms with Crippen LogP contribution in [-0.2, 0) is 11.3 Å². The molecule has 1 aromatic carbocycles. The highest BCUT2D eigenvalue weighted by atomic mass is 16.2. The van der Waals surface area contributed by atoms with Crippen molar-refractivity contribution in [2.45, 2.75) is 26.4 Å². The molecule has 82 valence electrons. The molecule has 0 aromatic heterocycles. The Kier molecular flexibility index (Phi) is 4.31. The van der Waals surface area contributed by atoms with Crippen LogP contribution in [0.4, 0.5) is 0 Å². The Bertz CT molecular complexity index is 336. The van der Waals surface area contributed by atoms with Gasteiger partial charge in [0, 0.05) is 13.6 Å². The zero-order chi connectivity index (χ0) is 11.3. The lowest BCUT2D eigenvalue weighted by Gasteiger charge is -2.12. The second kappa shape index (κ2) is 5.51. The molecule has 2 N–H and O–H groups in total. The molecule has 0 aliphatic heterocycles. The lowest BCUT2D eigenvalue weighted by Crippen LogP contribution is -2.40. The normalized spacial score (nSPS) is 12.2. The SMILES string of the molecule is CNC(=O)[C@@H](C)NCc1cccc(C)c1. The summed E-state index contributed by atoms with van der Waals surface area (Å²) in [6.45, 7) is 4.64. The van der Waals surface area contributed by atoms with E-state index in [0.717, 1.165) is 6.54 Å². The molecule has 3 nitrogen and oxygen atoms in total. The molecule has 0 saturated heterocycles. The van der Waals surface area contributed by atoms with Crippen LogP contribution in [0.3, 0.4) is 0 Å². The number of hydrogen-bond donors (Lipinski definition) is 2. The van der Waals surface area contributed by atoms with E-state index in [-0.39, 0.29) is 11.9 Å². The zero-order valence-electron chi connectivity index (χ0n) is 9.50. The quantitative estimate of drug-likeness (QED) is 0.777. The maximum atomic E-state index is 11.2. The minimum atomic E-state index is -0.157. The summed E-state index contributed by atoms with van der Waals surface area (Å²) in [6, 6.07) is 8.10. The smallest absolute Gasteiger partial charge is 0.236 e. The molecule has 0 spiro atoms. The highest BCUT2D eigenvalue weighted by molar-refractivity contribution is 5.80. The first kappa shape index (κ1) is 11.7. The van der Waals surface area contributed by atoms with Crippen molar-refractivity contribution in [1.82, 2.24) is 10.6 Å². The average Bonchev–Trinajstić information content (AvgIpc) is 2.25. The summed E-state index contributed by atoms with van der Waals surface area (Å²) in [5.41, 5.74) is 2.44. The molecule has 0 unspecified atom stereocenters. The van der Waals surface area contributed by atoms with Gasteiger partial charge in [0.2, 0.25) is 5.91 Å². The fourth-order valence-electron chi connectivity index (χ4n) is 1.40. The van der Waals surface area contributed by atoms with E-state index in [1.165, 1.54) is 11.1 Å². The van der Waals surface area contributed by atoms with Gasteiger partial charge in [-0.2, -0.15) is 0 Å². The molecule has 3 heteroatoms. The number of nitrogens with one attached hydrogen (secondary N) is 2. The summed E-state index contributed by atoms with van der Waals surface area (Å²) in [4.78, 5) is 11.2. The van der Waals surface area contributed by atoms with Gasteiger partial charge in [0.05, 0.1) is 6.04 Å². The van der Waals surface area contributed by atoms with E-state index in [4.69, 9.17) is 0 Å². The van der Waals surface area contributed by atoms with Crippen molar-refractivity contribution in [3.63, 3.8) is 0 Å². The summed E-state index contributed by atoms with van der Waals surface area (Å²) < 4.78 is 0. The monoisotopic (exact) mass is 206 g/mol. The molecular weight excluding hydrogens is 188 g/mol. The number of likely N-dealkylation sites (N-methyl/N-ethyl adjacent to an activating group) is 1. The van der Waals surface area contributed by atoms with Gasteiger partial charge in [-0.1, -0.05) is 29.8 Å². The van der Waals surface area contributed by atoms with Crippen molar-refractivity contribution >= 4 is 5.91 Å². The Morgan fingerprint density at radius 2 is 2.20 bits per heavy atom. The van der Waals surface area contributed by atoms with Gasteiger partial charge in [-0.15, -0.1) is 0 Å². The number of carbonyl (C=O) groups excluding carboxylic acids is 1. The van der Waals surface area contributed by atoms with Crippen molar-refractivity contribution in [2.75, 3.05) is 7.05 Å². The molecule has 0 aliphatic carbocycles. The summed E-state index contributed by atoms with van der Waals surface area (Å²) >= 11 is 0. The molecule has 0 bridgehead atoms. The minimum absolute atomic E-state index is 0.0163. The maximum absolute atomic E-state index is 11.2. The highest BCUT2D eigenvalue weighted by Gasteiger charge is 2.08. The van der Waals surface area contributed by atoms with Gasteiger partial charge < -0.3 is 10.6 Å². The fraction of sp³-hybridized carbons (Fsp3) is 0.417. The zero-order valence-corrected chi connectivity index (χ0v) is 9.50. The lowest BCUT2D eigenvalue weighted by atomic mass is 10.1. The molecular formula is C12H18N2O. The van der Waals surface area contributed by atoms with Crippen molar-refractivity contribution in [3.8, 4) is 0 Å². The topological polar surface area (TPSA) is 41.1 Å². The molecule has 1 amide bonds. The Morgan fingerprint density at radius 3 is 2.80 bits per heavy atom. The second-order valence-electron chi connectivity index (χ2n) is 3.71. The van der Waals surface area contributed by atoms with E-state index in [1.54, 1.807) is 7.05 Å². The van der Waals surface area contributed by atoms with Gasteiger partial charge in [0.1, 0.15) is 0 Å². The largest absolute Gasteiger partial charge is 0.358 e. The summed E-state index contributed by atoms with van der Waals surface area (Å²) in [5.74, 6) is 0.0163. The fourth-order valence-corrected chi connectivity index (χ4v) is 1.40. The van der Waals surface area contributed by atoms with Gasteiger partial charge in [-0.3, -0.25) is 4.79 Å². The first-order chi connectivity index (χ1) is 7.13. The van der Waals surface area contributed by atoms with Crippen molar-refractivity contribution < 1.29 is 4.79 Å². The van der Waals surface area contributed by atoms with Crippen LogP contribution in [0.2, 0.25) is 0 Å². The molecule has 1 atom stereocenters. The number of amides is 1. The van der Waals surface area contributed by atoms with Crippen molar-refractivity contribution in [3.05, 3.63) is 35.4 Å². The molecule has 0 saturated carbocycles. The number of hydrogen-bond acceptors (Lipinski definition) is 2. The van der Waals surface area contributed by atoms with E-state index >= 15 is 0 Å². The van der Waals surface area contributed by atoms with E-state index in [1.807, 2.05) is 13.0 Å².